The first-order chi connectivity index (χ1) is 13.3. The molecular weight excluding hydrogens is 346 g/mol. The zero-order valence-corrected chi connectivity index (χ0v) is 14.7. The van der Waals surface area contributed by atoms with E-state index in [0.29, 0.717) is 36.4 Å². The molecule has 138 valence electrons. The largest absolute Gasteiger partial charge is 0.486 e. The number of ether oxygens (including phenoxy) is 2. The molecule has 3 heterocycles. The zero-order chi connectivity index (χ0) is 18.2. The standard InChI is InChI=1S/C20H19N3O4/c24-19(21-13-7-8-17-18(12-13)26-11-10-25-17)15-5-3-9-23(15)20-22-14-4-1-2-6-16(14)27-20/h1-2,4,6-8,12,15H,3,5,9-11H2,(H,21,24)/t15-/m0/s1. The second kappa shape index (κ2) is 6.50. The number of aromatic nitrogens is 1. The van der Waals surface area contributed by atoms with E-state index < -0.39 is 0 Å². The Labute approximate surface area is 155 Å². The summed E-state index contributed by atoms with van der Waals surface area (Å²) in [6.45, 7) is 1.80. The molecule has 3 aromatic rings. The van der Waals surface area contributed by atoms with Gasteiger partial charge in [-0.1, -0.05) is 12.1 Å². The lowest BCUT2D eigenvalue weighted by Crippen LogP contribution is -2.39. The van der Waals surface area contributed by atoms with Crippen LogP contribution in [0.1, 0.15) is 12.8 Å². The third-order valence-corrected chi connectivity index (χ3v) is 4.89. The molecule has 1 aromatic heterocycles. The third kappa shape index (κ3) is 2.95. The zero-order valence-electron chi connectivity index (χ0n) is 14.7. The maximum absolute atomic E-state index is 12.9. The van der Waals surface area contributed by atoms with Crippen molar-refractivity contribution in [3.63, 3.8) is 0 Å². The van der Waals surface area contributed by atoms with Crippen LogP contribution in [-0.2, 0) is 4.79 Å². The van der Waals surface area contributed by atoms with Crippen LogP contribution in [0.4, 0.5) is 11.7 Å². The van der Waals surface area contributed by atoms with E-state index in [-0.39, 0.29) is 11.9 Å². The number of carbonyl (C=O) groups excluding carboxylic acids is 1. The summed E-state index contributed by atoms with van der Waals surface area (Å²) in [5.74, 6) is 1.28. The maximum Gasteiger partial charge on any atom is 0.299 e. The molecule has 2 aliphatic rings. The van der Waals surface area contributed by atoms with E-state index in [9.17, 15) is 4.79 Å². The highest BCUT2D eigenvalue weighted by molar-refractivity contribution is 5.97. The number of fused-ring (bicyclic) bond motifs is 2. The van der Waals surface area contributed by atoms with Crippen LogP contribution in [0.15, 0.2) is 46.9 Å². The van der Waals surface area contributed by atoms with Crippen molar-refractivity contribution in [2.75, 3.05) is 30.0 Å². The first kappa shape index (κ1) is 16.0. The molecule has 0 saturated carbocycles. The molecule has 2 aromatic carbocycles. The van der Waals surface area contributed by atoms with E-state index >= 15 is 0 Å². The van der Waals surface area contributed by atoms with E-state index in [0.717, 1.165) is 30.5 Å². The van der Waals surface area contributed by atoms with Gasteiger partial charge in [-0.3, -0.25) is 4.79 Å². The summed E-state index contributed by atoms with van der Waals surface area (Å²) < 4.78 is 17.0. The number of rotatable bonds is 3. The monoisotopic (exact) mass is 365 g/mol. The normalized spacial score (nSPS) is 18.7. The van der Waals surface area contributed by atoms with Gasteiger partial charge < -0.3 is 24.1 Å². The number of carbonyl (C=O) groups is 1. The van der Waals surface area contributed by atoms with Gasteiger partial charge >= 0.3 is 0 Å². The lowest BCUT2D eigenvalue weighted by atomic mass is 10.2. The number of para-hydroxylation sites is 2. The minimum absolute atomic E-state index is 0.0774. The lowest BCUT2D eigenvalue weighted by molar-refractivity contribution is -0.117. The number of amides is 1. The molecule has 7 heteroatoms. The average Bonchev–Trinajstić information content (AvgIpc) is 3.34. The van der Waals surface area contributed by atoms with Crippen molar-refractivity contribution >= 4 is 28.7 Å². The SMILES string of the molecule is O=C(Nc1ccc2c(c1)OCCO2)[C@@H]1CCCN1c1nc2ccccc2o1. The number of oxazole rings is 1. The van der Waals surface area contributed by atoms with Crippen LogP contribution < -0.4 is 19.7 Å². The maximum atomic E-state index is 12.9. The molecule has 0 radical (unpaired) electrons. The Morgan fingerprint density at radius 1 is 1.11 bits per heavy atom. The first-order valence-corrected chi connectivity index (χ1v) is 9.11. The van der Waals surface area contributed by atoms with Gasteiger partial charge in [-0.2, -0.15) is 4.98 Å². The Kier molecular flexibility index (Phi) is 3.85. The Balaban J connectivity index is 1.36. The van der Waals surface area contributed by atoms with Gasteiger partial charge in [0.1, 0.15) is 24.8 Å². The van der Waals surface area contributed by atoms with Gasteiger partial charge in [0, 0.05) is 18.3 Å². The molecule has 1 amide bonds. The van der Waals surface area contributed by atoms with Gasteiger partial charge in [0.15, 0.2) is 17.1 Å². The van der Waals surface area contributed by atoms with Crippen LogP contribution in [0.3, 0.4) is 0 Å². The summed E-state index contributed by atoms with van der Waals surface area (Å²) >= 11 is 0. The van der Waals surface area contributed by atoms with E-state index in [1.54, 1.807) is 6.07 Å². The van der Waals surface area contributed by atoms with Crippen LogP contribution in [0.25, 0.3) is 11.1 Å². The number of nitrogens with zero attached hydrogens (tertiary/aromatic N) is 2. The van der Waals surface area contributed by atoms with E-state index in [1.807, 2.05) is 41.3 Å². The summed E-state index contributed by atoms with van der Waals surface area (Å²) in [5.41, 5.74) is 2.21. The molecule has 27 heavy (non-hydrogen) atoms. The lowest BCUT2D eigenvalue weighted by Gasteiger charge is -2.23. The quantitative estimate of drug-likeness (QED) is 0.768. The Bertz CT molecular complexity index is 967. The highest BCUT2D eigenvalue weighted by Crippen LogP contribution is 2.33. The molecule has 0 unspecified atom stereocenters. The smallest absolute Gasteiger partial charge is 0.299 e. The molecule has 7 nitrogen and oxygen atoms in total. The predicted octanol–water partition coefficient (Wildman–Crippen LogP) is 3.21. The van der Waals surface area contributed by atoms with Gasteiger partial charge in [0.2, 0.25) is 5.91 Å². The summed E-state index contributed by atoms with van der Waals surface area (Å²) in [4.78, 5) is 19.4. The third-order valence-electron chi connectivity index (χ3n) is 4.89. The van der Waals surface area contributed by atoms with E-state index in [2.05, 4.69) is 10.3 Å². The van der Waals surface area contributed by atoms with Crippen molar-refractivity contribution in [2.45, 2.75) is 18.9 Å². The molecule has 1 fully saturated rings. The highest BCUT2D eigenvalue weighted by Gasteiger charge is 2.34. The molecule has 2 aliphatic heterocycles. The van der Waals surface area contributed by atoms with Crippen LogP contribution in [0.5, 0.6) is 11.5 Å². The average molecular weight is 365 g/mol. The fraction of sp³-hybridized carbons (Fsp3) is 0.300. The topological polar surface area (TPSA) is 76.8 Å². The van der Waals surface area contributed by atoms with Gasteiger partial charge in [0.05, 0.1) is 0 Å². The molecule has 0 bridgehead atoms. The van der Waals surface area contributed by atoms with E-state index in [1.165, 1.54) is 0 Å². The van der Waals surface area contributed by atoms with Crippen LogP contribution in [-0.4, -0.2) is 36.7 Å². The van der Waals surface area contributed by atoms with Crippen molar-refractivity contribution in [1.29, 1.82) is 0 Å². The highest BCUT2D eigenvalue weighted by atomic mass is 16.6. The summed E-state index contributed by atoms with van der Waals surface area (Å²) in [7, 11) is 0. The Hall–Kier alpha value is -3.22. The second-order valence-electron chi connectivity index (χ2n) is 6.66. The minimum atomic E-state index is -0.314. The minimum Gasteiger partial charge on any atom is -0.486 e. The fourth-order valence-corrected chi connectivity index (χ4v) is 3.60. The van der Waals surface area contributed by atoms with Crippen LogP contribution >= 0.6 is 0 Å². The molecular formula is C20H19N3O4. The van der Waals surface area contributed by atoms with Gasteiger partial charge in [0.25, 0.3) is 6.01 Å². The van der Waals surface area contributed by atoms with Gasteiger partial charge in [-0.15, -0.1) is 0 Å². The number of nitrogens with one attached hydrogen (secondary N) is 1. The van der Waals surface area contributed by atoms with Gasteiger partial charge in [-0.05, 0) is 37.1 Å². The fourth-order valence-electron chi connectivity index (χ4n) is 3.60. The van der Waals surface area contributed by atoms with Crippen molar-refractivity contribution in [3.05, 3.63) is 42.5 Å². The molecule has 0 aliphatic carbocycles. The Morgan fingerprint density at radius 3 is 2.85 bits per heavy atom. The van der Waals surface area contributed by atoms with Crippen molar-refractivity contribution in [1.82, 2.24) is 4.98 Å². The number of anilines is 2. The van der Waals surface area contributed by atoms with Crippen LogP contribution in [0.2, 0.25) is 0 Å². The molecule has 1 atom stereocenters. The Morgan fingerprint density at radius 2 is 1.96 bits per heavy atom. The molecule has 1 N–H and O–H groups in total. The van der Waals surface area contributed by atoms with Crippen molar-refractivity contribution < 1.29 is 18.7 Å². The molecule has 0 spiro atoms. The van der Waals surface area contributed by atoms with Gasteiger partial charge in [-0.25, -0.2) is 0 Å². The van der Waals surface area contributed by atoms with Crippen molar-refractivity contribution in [3.8, 4) is 11.5 Å². The summed E-state index contributed by atoms with van der Waals surface area (Å²) in [6, 6.07) is 13.2. The molecule has 1 saturated heterocycles. The van der Waals surface area contributed by atoms with Crippen molar-refractivity contribution in [2.24, 2.45) is 0 Å². The second-order valence-corrected chi connectivity index (χ2v) is 6.66. The number of hydrogen-bond acceptors (Lipinski definition) is 6. The van der Waals surface area contributed by atoms with E-state index in [4.69, 9.17) is 13.9 Å². The first-order valence-electron chi connectivity index (χ1n) is 9.11. The summed E-state index contributed by atoms with van der Waals surface area (Å²) in [5, 5.41) is 2.98. The summed E-state index contributed by atoms with van der Waals surface area (Å²) in [6.07, 6.45) is 1.67. The molecule has 5 rings (SSSR count). The predicted molar refractivity (Wildman–Crippen MR) is 100 cm³/mol. The number of hydrogen-bond donors (Lipinski definition) is 1. The van der Waals surface area contributed by atoms with Crippen LogP contribution in [0, 0.1) is 0 Å². The number of benzene rings is 2.